The van der Waals surface area contributed by atoms with Crippen LogP contribution in [0.2, 0.25) is 0 Å². The van der Waals surface area contributed by atoms with Gasteiger partial charge in [0.1, 0.15) is 17.5 Å². The summed E-state index contributed by atoms with van der Waals surface area (Å²) in [7, 11) is 1.55. The Balaban J connectivity index is 2.13. The van der Waals surface area contributed by atoms with Crippen LogP contribution in [0, 0.1) is 0 Å². The Hall–Kier alpha value is -1.98. The van der Waals surface area contributed by atoms with Crippen molar-refractivity contribution < 1.29 is 9.84 Å². The first-order valence-corrected chi connectivity index (χ1v) is 7.22. The number of fused-ring (bicyclic) bond motifs is 1. The highest BCUT2D eigenvalue weighted by Crippen LogP contribution is 2.32. The maximum Gasteiger partial charge on any atom is 0.143 e. The molecule has 0 saturated carbocycles. The Labute approximate surface area is 130 Å². The molecular formula is C16H13BrN2O2. The molecule has 1 unspecified atom stereocenters. The Morgan fingerprint density at radius 1 is 1.14 bits per heavy atom. The number of aromatic nitrogens is 2. The Kier molecular flexibility index (Phi) is 3.86. The van der Waals surface area contributed by atoms with Crippen molar-refractivity contribution in [1.82, 2.24) is 9.97 Å². The van der Waals surface area contributed by atoms with Crippen LogP contribution in [0.15, 0.2) is 53.1 Å². The maximum atomic E-state index is 10.6. The van der Waals surface area contributed by atoms with Gasteiger partial charge in [0.15, 0.2) is 0 Å². The summed E-state index contributed by atoms with van der Waals surface area (Å²) < 4.78 is 5.99. The molecule has 0 aliphatic carbocycles. The average molecular weight is 345 g/mol. The number of benzene rings is 1. The minimum Gasteiger partial charge on any atom is -0.495 e. The molecule has 3 rings (SSSR count). The van der Waals surface area contributed by atoms with Gasteiger partial charge in [-0.25, -0.2) is 4.98 Å². The van der Waals surface area contributed by atoms with E-state index < -0.39 is 6.10 Å². The predicted octanol–water partition coefficient (Wildman–Crippen LogP) is 3.48. The summed E-state index contributed by atoms with van der Waals surface area (Å²) in [5.74, 6) is 0.534. The number of aliphatic hydroxyl groups excluding tert-OH is 1. The third-order valence-corrected chi connectivity index (χ3v) is 3.88. The topological polar surface area (TPSA) is 55.2 Å². The fourth-order valence-electron chi connectivity index (χ4n) is 2.21. The molecule has 1 aromatic carbocycles. The van der Waals surface area contributed by atoms with Gasteiger partial charge in [-0.1, -0.05) is 18.2 Å². The average Bonchev–Trinajstić information content (AvgIpc) is 2.53. The summed E-state index contributed by atoms with van der Waals surface area (Å²) in [4.78, 5) is 8.75. The third-order valence-electron chi connectivity index (χ3n) is 3.24. The molecule has 1 atom stereocenters. The minimum absolute atomic E-state index is 0.448. The van der Waals surface area contributed by atoms with Crippen LogP contribution < -0.4 is 4.74 Å². The van der Waals surface area contributed by atoms with E-state index in [1.807, 2.05) is 30.3 Å². The van der Waals surface area contributed by atoms with Crippen LogP contribution >= 0.6 is 15.9 Å². The highest BCUT2D eigenvalue weighted by atomic mass is 79.9. The van der Waals surface area contributed by atoms with Crippen LogP contribution in [0.3, 0.4) is 0 Å². The van der Waals surface area contributed by atoms with Gasteiger partial charge in [0.2, 0.25) is 0 Å². The highest BCUT2D eigenvalue weighted by Gasteiger charge is 2.21. The molecule has 0 bridgehead atoms. The van der Waals surface area contributed by atoms with Crippen molar-refractivity contribution in [2.24, 2.45) is 0 Å². The second kappa shape index (κ2) is 5.79. The molecule has 1 N–H and O–H groups in total. The van der Waals surface area contributed by atoms with Crippen molar-refractivity contribution in [3.63, 3.8) is 0 Å². The van der Waals surface area contributed by atoms with Crippen LogP contribution in [-0.2, 0) is 0 Å². The maximum absolute atomic E-state index is 10.6. The van der Waals surface area contributed by atoms with E-state index in [0.717, 1.165) is 15.4 Å². The molecular weight excluding hydrogens is 332 g/mol. The molecule has 21 heavy (non-hydrogen) atoms. The van der Waals surface area contributed by atoms with Crippen LogP contribution in [0.25, 0.3) is 10.9 Å². The molecule has 4 nitrogen and oxygen atoms in total. The number of hydrogen-bond donors (Lipinski definition) is 1. The lowest BCUT2D eigenvalue weighted by Gasteiger charge is -2.15. The van der Waals surface area contributed by atoms with Crippen molar-refractivity contribution in [3.05, 3.63) is 64.5 Å². The monoisotopic (exact) mass is 344 g/mol. The third kappa shape index (κ3) is 2.62. The van der Waals surface area contributed by atoms with E-state index in [2.05, 4.69) is 25.9 Å². The largest absolute Gasteiger partial charge is 0.495 e. The molecule has 0 aliphatic rings. The number of rotatable bonds is 3. The first-order chi connectivity index (χ1) is 10.2. The van der Waals surface area contributed by atoms with Crippen LogP contribution in [0.4, 0.5) is 0 Å². The smallest absolute Gasteiger partial charge is 0.143 e. The molecule has 2 heterocycles. The Bertz CT molecular complexity index is 792. The highest BCUT2D eigenvalue weighted by molar-refractivity contribution is 9.10. The van der Waals surface area contributed by atoms with E-state index in [0.29, 0.717) is 17.1 Å². The van der Waals surface area contributed by atoms with E-state index in [9.17, 15) is 5.11 Å². The number of nitrogens with zero attached hydrogens (tertiary/aromatic N) is 2. The van der Waals surface area contributed by atoms with Gasteiger partial charge >= 0.3 is 0 Å². The van der Waals surface area contributed by atoms with Gasteiger partial charge in [-0.15, -0.1) is 0 Å². The van der Waals surface area contributed by atoms with Crippen LogP contribution in [0.5, 0.6) is 5.75 Å². The molecule has 0 radical (unpaired) electrons. The number of para-hydroxylation sites is 1. The van der Waals surface area contributed by atoms with Crippen LogP contribution in [-0.4, -0.2) is 22.2 Å². The van der Waals surface area contributed by atoms with Gasteiger partial charge in [0.05, 0.1) is 18.3 Å². The predicted molar refractivity (Wildman–Crippen MR) is 84.3 cm³/mol. The summed E-state index contributed by atoms with van der Waals surface area (Å²) in [6.45, 7) is 0. The van der Waals surface area contributed by atoms with E-state index in [-0.39, 0.29) is 0 Å². The van der Waals surface area contributed by atoms with Gasteiger partial charge in [0, 0.05) is 16.1 Å². The second-order valence-corrected chi connectivity index (χ2v) is 5.40. The van der Waals surface area contributed by atoms with Gasteiger partial charge in [0.25, 0.3) is 0 Å². The number of pyridine rings is 2. The summed E-state index contributed by atoms with van der Waals surface area (Å²) in [6.07, 6.45) is 0.663. The number of halogens is 1. The summed E-state index contributed by atoms with van der Waals surface area (Å²) in [5.41, 5.74) is 1.79. The number of hydrogen-bond acceptors (Lipinski definition) is 4. The van der Waals surface area contributed by atoms with Crippen molar-refractivity contribution in [2.75, 3.05) is 7.11 Å². The zero-order chi connectivity index (χ0) is 14.8. The van der Waals surface area contributed by atoms with Crippen molar-refractivity contribution >= 4 is 26.8 Å². The molecule has 0 fully saturated rings. The van der Waals surface area contributed by atoms with Gasteiger partial charge in [-0.2, -0.15) is 0 Å². The fourth-order valence-corrected chi connectivity index (χ4v) is 2.76. The van der Waals surface area contributed by atoms with Crippen molar-refractivity contribution in [1.29, 1.82) is 0 Å². The molecule has 0 amide bonds. The molecule has 0 saturated heterocycles. The second-order valence-electron chi connectivity index (χ2n) is 4.54. The number of methoxy groups -OCH3 is 1. The lowest BCUT2D eigenvalue weighted by molar-refractivity contribution is 0.204. The van der Waals surface area contributed by atoms with Crippen molar-refractivity contribution in [2.45, 2.75) is 6.10 Å². The lowest BCUT2D eigenvalue weighted by atomic mass is 10.1. The van der Waals surface area contributed by atoms with Crippen molar-refractivity contribution in [3.8, 4) is 5.75 Å². The number of aliphatic hydroxyl groups is 1. The lowest BCUT2D eigenvalue weighted by Crippen LogP contribution is -2.07. The minimum atomic E-state index is -0.958. The molecule has 0 spiro atoms. The SMILES string of the molecule is COc1cccnc1C(O)c1nc2ccccc2cc1Br. The Morgan fingerprint density at radius 3 is 2.76 bits per heavy atom. The standard InChI is InChI=1S/C16H13BrN2O2/c1-21-13-7-4-8-18-15(13)16(20)14-11(17)9-10-5-2-3-6-12(10)19-14/h2-9,16,20H,1H3. The first-order valence-electron chi connectivity index (χ1n) is 6.43. The molecule has 3 aromatic rings. The summed E-state index contributed by atoms with van der Waals surface area (Å²) >= 11 is 3.47. The van der Waals surface area contributed by atoms with E-state index >= 15 is 0 Å². The summed E-state index contributed by atoms with van der Waals surface area (Å²) in [5, 5.41) is 11.6. The molecule has 5 heteroatoms. The Morgan fingerprint density at radius 2 is 1.95 bits per heavy atom. The zero-order valence-electron chi connectivity index (χ0n) is 11.3. The van der Waals surface area contributed by atoms with Gasteiger partial charge in [-0.3, -0.25) is 4.98 Å². The quantitative estimate of drug-likeness (QED) is 0.790. The normalized spacial score (nSPS) is 12.3. The zero-order valence-corrected chi connectivity index (χ0v) is 12.9. The van der Waals surface area contributed by atoms with Gasteiger partial charge < -0.3 is 9.84 Å². The molecule has 106 valence electrons. The van der Waals surface area contributed by atoms with E-state index in [4.69, 9.17) is 4.74 Å². The van der Waals surface area contributed by atoms with E-state index in [1.54, 1.807) is 25.4 Å². The van der Waals surface area contributed by atoms with Crippen LogP contribution in [0.1, 0.15) is 17.5 Å². The fraction of sp³-hybridized carbons (Fsp3) is 0.125. The summed E-state index contributed by atoms with van der Waals surface area (Å²) in [6, 6.07) is 13.2. The van der Waals surface area contributed by atoms with E-state index in [1.165, 1.54) is 0 Å². The molecule has 0 aliphatic heterocycles. The van der Waals surface area contributed by atoms with Gasteiger partial charge in [-0.05, 0) is 40.2 Å². The first kappa shape index (κ1) is 14.0. The number of ether oxygens (including phenoxy) is 1. The molecule has 2 aromatic heterocycles.